The molecule has 15 heavy (non-hydrogen) atoms. The van der Waals surface area contributed by atoms with Gasteiger partial charge in [0.25, 0.3) is 0 Å². The Kier molecular flexibility index (Phi) is 4.42. The Morgan fingerprint density at radius 3 is 2.60 bits per heavy atom. The number of nitrogens with zero attached hydrogens (tertiary/aromatic N) is 1. The minimum atomic E-state index is 0.746. The quantitative estimate of drug-likeness (QED) is 0.828. The van der Waals surface area contributed by atoms with Crippen molar-refractivity contribution in [3.8, 4) is 0 Å². The highest BCUT2D eigenvalue weighted by Crippen LogP contribution is 2.27. The Balaban J connectivity index is 2.84. The van der Waals surface area contributed by atoms with Crippen molar-refractivity contribution in [2.45, 2.75) is 19.9 Å². The lowest BCUT2D eigenvalue weighted by atomic mass is 10.1. The van der Waals surface area contributed by atoms with E-state index < -0.39 is 0 Å². The number of hydrogen-bond donors (Lipinski definition) is 2. The molecule has 0 fully saturated rings. The third-order valence-corrected chi connectivity index (χ3v) is 2.94. The van der Waals surface area contributed by atoms with E-state index in [1.807, 2.05) is 12.1 Å². The summed E-state index contributed by atoms with van der Waals surface area (Å²) in [6, 6.07) is 3.77. The Hall–Kier alpha value is -0.740. The van der Waals surface area contributed by atoms with Crippen LogP contribution in [-0.2, 0) is 6.54 Å². The molecule has 0 amide bonds. The van der Waals surface area contributed by atoms with Gasteiger partial charge in [-0.3, -0.25) is 0 Å². The lowest BCUT2D eigenvalue weighted by Gasteiger charge is -2.17. The molecule has 0 unspecified atom stereocenters. The molecule has 84 valence electrons. The SMILES string of the molecule is CCCN(C)Cc1cc(N)cc(Br)c1N. The highest BCUT2D eigenvalue weighted by molar-refractivity contribution is 9.10. The molecule has 0 saturated carbocycles. The summed E-state index contributed by atoms with van der Waals surface area (Å²) in [5.41, 5.74) is 14.4. The number of nitrogen functional groups attached to an aromatic ring is 2. The molecule has 0 aliphatic rings. The van der Waals surface area contributed by atoms with Crippen molar-refractivity contribution < 1.29 is 0 Å². The molecule has 0 saturated heterocycles. The maximum Gasteiger partial charge on any atom is 0.0505 e. The van der Waals surface area contributed by atoms with Crippen molar-refractivity contribution in [2.24, 2.45) is 0 Å². The molecule has 0 aliphatic carbocycles. The molecular formula is C11H18BrN3. The van der Waals surface area contributed by atoms with Gasteiger partial charge in [0.15, 0.2) is 0 Å². The molecule has 0 spiro atoms. The zero-order chi connectivity index (χ0) is 11.4. The van der Waals surface area contributed by atoms with Crippen LogP contribution in [0.4, 0.5) is 11.4 Å². The minimum Gasteiger partial charge on any atom is -0.399 e. The van der Waals surface area contributed by atoms with Gasteiger partial charge in [-0.15, -0.1) is 0 Å². The van der Waals surface area contributed by atoms with Crippen molar-refractivity contribution in [2.75, 3.05) is 25.1 Å². The van der Waals surface area contributed by atoms with Crippen LogP contribution in [0.2, 0.25) is 0 Å². The fourth-order valence-corrected chi connectivity index (χ4v) is 2.10. The van der Waals surface area contributed by atoms with Crippen LogP contribution in [0.5, 0.6) is 0 Å². The maximum atomic E-state index is 5.97. The van der Waals surface area contributed by atoms with Crippen molar-refractivity contribution >= 4 is 27.3 Å². The average Bonchev–Trinajstić information content (AvgIpc) is 2.13. The first-order valence-electron chi connectivity index (χ1n) is 5.06. The van der Waals surface area contributed by atoms with E-state index in [1.165, 1.54) is 0 Å². The molecule has 0 bridgehead atoms. The van der Waals surface area contributed by atoms with E-state index in [0.29, 0.717) is 0 Å². The second kappa shape index (κ2) is 5.37. The van der Waals surface area contributed by atoms with E-state index >= 15 is 0 Å². The van der Waals surface area contributed by atoms with Gasteiger partial charge >= 0.3 is 0 Å². The molecule has 4 N–H and O–H groups in total. The normalized spacial score (nSPS) is 10.9. The zero-order valence-electron chi connectivity index (χ0n) is 9.26. The summed E-state index contributed by atoms with van der Waals surface area (Å²) in [6.45, 7) is 4.06. The molecule has 3 nitrogen and oxygen atoms in total. The van der Waals surface area contributed by atoms with Crippen molar-refractivity contribution in [3.63, 3.8) is 0 Å². The largest absolute Gasteiger partial charge is 0.399 e. The number of hydrogen-bond acceptors (Lipinski definition) is 3. The van der Waals surface area contributed by atoms with Crippen LogP contribution in [0.15, 0.2) is 16.6 Å². The predicted molar refractivity (Wildman–Crippen MR) is 69.6 cm³/mol. The zero-order valence-corrected chi connectivity index (χ0v) is 10.8. The first-order chi connectivity index (χ1) is 7.04. The van der Waals surface area contributed by atoms with E-state index in [0.717, 1.165) is 40.9 Å². The van der Waals surface area contributed by atoms with Crippen LogP contribution in [0.3, 0.4) is 0 Å². The Morgan fingerprint density at radius 1 is 1.33 bits per heavy atom. The van der Waals surface area contributed by atoms with Crippen LogP contribution < -0.4 is 11.5 Å². The first kappa shape index (κ1) is 12.3. The van der Waals surface area contributed by atoms with E-state index in [2.05, 4.69) is 34.8 Å². The van der Waals surface area contributed by atoms with Gasteiger partial charge < -0.3 is 16.4 Å². The number of halogens is 1. The monoisotopic (exact) mass is 271 g/mol. The Labute approximate surface area is 99.6 Å². The summed E-state index contributed by atoms with van der Waals surface area (Å²) in [5, 5.41) is 0. The molecule has 0 aromatic heterocycles. The highest BCUT2D eigenvalue weighted by atomic mass is 79.9. The Morgan fingerprint density at radius 2 is 2.00 bits per heavy atom. The summed E-state index contributed by atoms with van der Waals surface area (Å²) < 4.78 is 0.877. The number of nitrogens with two attached hydrogens (primary N) is 2. The van der Waals surface area contributed by atoms with Crippen LogP contribution in [0, 0.1) is 0 Å². The molecule has 0 atom stereocenters. The number of anilines is 2. The molecular weight excluding hydrogens is 254 g/mol. The van der Waals surface area contributed by atoms with Gasteiger partial charge in [-0.1, -0.05) is 6.92 Å². The average molecular weight is 272 g/mol. The van der Waals surface area contributed by atoms with Crippen molar-refractivity contribution in [1.29, 1.82) is 0 Å². The van der Waals surface area contributed by atoms with E-state index in [4.69, 9.17) is 11.5 Å². The topological polar surface area (TPSA) is 55.3 Å². The van der Waals surface area contributed by atoms with E-state index in [-0.39, 0.29) is 0 Å². The lowest BCUT2D eigenvalue weighted by Crippen LogP contribution is -2.19. The molecule has 0 heterocycles. The van der Waals surface area contributed by atoms with E-state index in [1.54, 1.807) is 0 Å². The number of rotatable bonds is 4. The first-order valence-corrected chi connectivity index (χ1v) is 5.85. The summed E-state index contributed by atoms with van der Waals surface area (Å²) in [5.74, 6) is 0. The standard InChI is InChI=1S/C11H18BrN3/c1-3-4-15(2)7-8-5-9(13)6-10(12)11(8)14/h5-6H,3-4,7,13-14H2,1-2H3. The fourth-order valence-electron chi connectivity index (χ4n) is 1.58. The fraction of sp³-hybridized carbons (Fsp3) is 0.455. The van der Waals surface area contributed by atoms with Gasteiger partial charge in [0, 0.05) is 16.7 Å². The predicted octanol–water partition coefficient (Wildman–Crippen LogP) is 2.46. The maximum absolute atomic E-state index is 5.97. The minimum absolute atomic E-state index is 0.746. The van der Waals surface area contributed by atoms with Crippen molar-refractivity contribution in [3.05, 3.63) is 22.2 Å². The second-order valence-electron chi connectivity index (χ2n) is 3.81. The van der Waals surface area contributed by atoms with Gasteiger partial charge in [-0.2, -0.15) is 0 Å². The van der Waals surface area contributed by atoms with Crippen LogP contribution >= 0.6 is 15.9 Å². The van der Waals surface area contributed by atoms with Gasteiger partial charge in [-0.05, 0) is 53.6 Å². The third kappa shape index (κ3) is 3.39. The highest BCUT2D eigenvalue weighted by Gasteiger charge is 2.07. The summed E-state index contributed by atoms with van der Waals surface area (Å²) in [6.07, 6.45) is 1.14. The smallest absolute Gasteiger partial charge is 0.0505 e. The van der Waals surface area contributed by atoms with Crippen LogP contribution in [0.25, 0.3) is 0 Å². The van der Waals surface area contributed by atoms with E-state index in [9.17, 15) is 0 Å². The van der Waals surface area contributed by atoms with Crippen molar-refractivity contribution in [1.82, 2.24) is 4.90 Å². The third-order valence-electron chi connectivity index (χ3n) is 2.28. The second-order valence-corrected chi connectivity index (χ2v) is 4.67. The summed E-state index contributed by atoms with van der Waals surface area (Å²) in [4.78, 5) is 2.23. The van der Waals surface area contributed by atoms with Gasteiger partial charge in [-0.25, -0.2) is 0 Å². The van der Waals surface area contributed by atoms with Crippen LogP contribution in [0.1, 0.15) is 18.9 Å². The van der Waals surface area contributed by atoms with Gasteiger partial charge in [0.05, 0.1) is 5.69 Å². The molecule has 1 aromatic rings. The molecule has 1 rings (SSSR count). The Bertz CT molecular complexity index is 339. The lowest BCUT2D eigenvalue weighted by molar-refractivity contribution is 0.328. The summed E-state index contributed by atoms with van der Waals surface area (Å²) >= 11 is 3.40. The molecule has 1 aromatic carbocycles. The van der Waals surface area contributed by atoms with Gasteiger partial charge in [0.1, 0.15) is 0 Å². The van der Waals surface area contributed by atoms with Gasteiger partial charge in [0.2, 0.25) is 0 Å². The molecule has 4 heteroatoms. The molecule has 0 aliphatic heterocycles. The number of benzene rings is 1. The van der Waals surface area contributed by atoms with Crippen LogP contribution in [-0.4, -0.2) is 18.5 Å². The summed E-state index contributed by atoms with van der Waals surface area (Å²) in [7, 11) is 2.08. The molecule has 0 radical (unpaired) electrons.